The molecule has 5 heteroatoms. The Bertz CT molecular complexity index is 594. The van der Waals surface area contributed by atoms with Gasteiger partial charge in [-0.15, -0.1) is 0 Å². The van der Waals surface area contributed by atoms with Gasteiger partial charge in [0.05, 0.1) is 14.2 Å². The molecule has 0 aromatic heterocycles. The molecule has 0 aliphatic carbocycles. The summed E-state index contributed by atoms with van der Waals surface area (Å²) in [6, 6.07) is 12.3. The van der Waals surface area contributed by atoms with E-state index in [0.717, 1.165) is 0 Å². The van der Waals surface area contributed by atoms with E-state index in [9.17, 15) is 13.9 Å². The normalized spacial score (nSPS) is 12.8. The summed E-state index contributed by atoms with van der Waals surface area (Å²) in [7, 11) is 3.00. The van der Waals surface area contributed by atoms with Crippen molar-refractivity contribution in [3.8, 4) is 11.5 Å². The summed E-state index contributed by atoms with van der Waals surface area (Å²) in [6.07, 6.45) is -2.43. The summed E-state index contributed by atoms with van der Waals surface area (Å²) in [5.41, 5.74) is 0.581. The number of alkyl halides is 2. The first-order valence-corrected chi connectivity index (χ1v) is 6.79. The molecule has 0 saturated heterocycles. The molecule has 1 N–H and O–H groups in total. The van der Waals surface area contributed by atoms with Crippen molar-refractivity contribution in [3.63, 3.8) is 0 Å². The topological polar surface area (TPSA) is 38.7 Å². The summed E-state index contributed by atoms with van der Waals surface area (Å²) < 4.78 is 38.4. The molecule has 3 nitrogen and oxygen atoms in total. The van der Waals surface area contributed by atoms with Crippen LogP contribution >= 0.6 is 0 Å². The van der Waals surface area contributed by atoms with Crippen molar-refractivity contribution < 1.29 is 23.4 Å². The molecule has 2 aromatic rings. The molecule has 0 amide bonds. The monoisotopic (exact) mass is 308 g/mol. The van der Waals surface area contributed by atoms with Crippen LogP contribution in [0, 0.1) is 0 Å². The number of halogens is 2. The zero-order valence-electron chi connectivity index (χ0n) is 12.4. The zero-order valence-corrected chi connectivity index (χ0v) is 12.4. The van der Waals surface area contributed by atoms with Gasteiger partial charge in [0.2, 0.25) is 0 Å². The lowest BCUT2D eigenvalue weighted by Crippen LogP contribution is -2.28. The van der Waals surface area contributed by atoms with Gasteiger partial charge in [-0.25, -0.2) is 8.78 Å². The second-order valence-electron chi connectivity index (χ2n) is 4.96. The Morgan fingerprint density at radius 1 is 0.909 bits per heavy atom. The van der Waals surface area contributed by atoms with Gasteiger partial charge in [-0.1, -0.05) is 24.3 Å². The molecule has 0 saturated carbocycles. The van der Waals surface area contributed by atoms with Crippen LogP contribution in [0.3, 0.4) is 0 Å². The minimum atomic E-state index is -3.27. The Labute approximate surface area is 128 Å². The van der Waals surface area contributed by atoms with Crippen molar-refractivity contribution in [3.05, 3.63) is 59.7 Å². The van der Waals surface area contributed by atoms with Crippen molar-refractivity contribution in [2.75, 3.05) is 14.2 Å². The van der Waals surface area contributed by atoms with Gasteiger partial charge in [-0.2, -0.15) is 0 Å². The SMILES string of the molecule is COc1ccc(CC(F)(F)C(O)c2ccc(OC)cc2)cc1. The van der Waals surface area contributed by atoms with E-state index in [1.165, 1.54) is 26.4 Å². The first-order chi connectivity index (χ1) is 10.5. The van der Waals surface area contributed by atoms with Crippen molar-refractivity contribution in [2.45, 2.75) is 18.4 Å². The van der Waals surface area contributed by atoms with Crippen molar-refractivity contribution in [1.29, 1.82) is 0 Å². The van der Waals surface area contributed by atoms with E-state index in [4.69, 9.17) is 9.47 Å². The van der Waals surface area contributed by atoms with Crippen molar-refractivity contribution >= 4 is 0 Å². The Kier molecular flexibility index (Phi) is 4.98. The predicted molar refractivity (Wildman–Crippen MR) is 79.6 cm³/mol. The lowest BCUT2D eigenvalue weighted by molar-refractivity contribution is -0.109. The molecule has 118 valence electrons. The van der Waals surface area contributed by atoms with E-state index >= 15 is 0 Å². The van der Waals surface area contributed by atoms with E-state index in [1.807, 2.05) is 0 Å². The molecule has 0 radical (unpaired) electrons. The van der Waals surface area contributed by atoms with Crippen LogP contribution in [-0.2, 0) is 6.42 Å². The smallest absolute Gasteiger partial charge is 0.281 e. The molecule has 2 rings (SSSR count). The Morgan fingerprint density at radius 2 is 1.36 bits per heavy atom. The van der Waals surface area contributed by atoms with Crippen LogP contribution in [0.5, 0.6) is 11.5 Å². The van der Waals surface area contributed by atoms with Crippen LogP contribution < -0.4 is 9.47 Å². The van der Waals surface area contributed by atoms with E-state index in [2.05, 4.69) is 0 Å². The van der Waals surface area contributed by atoms with Gasteiger partial charge in [-0.3, -0.25) is 0 Å². The van der Waals surface area contributed by atoms with E-state index < -0.39 is 18.4 Å². The fourth-order valence-corrected chi connectivity index (χ4v) is 2.14. The first kappa shape index (κ1) is 16.2. The molecular weight excluding hydrogens is 290 g/mol. The molecule has 0 spiro atoms. The standard InChI is InChI=1S/C17H18F2O3/c1-21-14-7-3-12(4-8-14)11-17(18,19)16(20)13-5-9-15(22-2)10-6-13/h3-10,16,20H,11H2,1-2H3. The Hall–Kier alpha value is -2.14. The van der Waals surface area contributed by atoms with Gasteiger partial charge in [0.1, 0.15) is 17.6 Å². The number of ether oxygens (including phenoxy) is 2. The van der Waals surface area contributed by atoms with Crippen LogP contribution in [0.2, 0.25) is 0 Å². The molecule has 0 heterocycles. The molecule has 0 aliphatic rings. The summed E-state index contributed by atoms with van der Waals surface area (Å²) in [4.78, 5) is 0. The summed E-state index contributed by atoms with van der Waals surface area (Å²) in [6.45, 7) is 0. The van der Waals surface area contributed by atoms with Gasteiger partial charge in [0.25, 0.3) is 5.92 Å². The number of hydrogen-bond donors (Lipinski definition) is 1. The molecular formula is C17H18F2O3. The van der Waals surface area contributed by atoms with Crippen LogP contribution in [0.25, 0.3) is 0 Å². The number of methoxy groups -OCH3 is 2. The lowest BCUT2D eigenvalue weighted by atomic mass is 9.97. The molecule has 2 aromatic carbocycles. The molecule has 1 atom stereocenters. The summed E-state index contributed by atoms with van der Waals surface area (Å²) in [5, 5.41) is 9.96. The molecule has 0 bridgehead atoms. The maximum Gasteiger partial charge on any atom is 0.281 e. The van der Waals surface area contributed by atoms with Gasteiger partial charge in [0, 0.05) is 6.42 Å². The highest BCUT2D eigenvalue weighted by Crippen LogP contribution is 2.35. The molecule has 0 fully saturated rings. The lowest BCUT2D eigenvalue weighted by Gasteiger charge is -2.23. The maximum atomic E-state index is 14.2. The fourth-order valence-electron chi connectivity index (χ4n) is 2.14. The summed E-state index contributed by atoms with van der Waals surface area (Å²) in [5.74, 6) is -2.12. The highest BCUT2D eigenvalue weighted by atomic mass is 19.3. The summed E-state index contributed by atoms with van der Waals surface area (Å²) >= 11 is 0. The minimum Gasteiger partial charge on any atom is -0.497 e. The molecule has 22 heavy (non-hydrogen) atoms. The number of benzene rings is 2. The quantitative estimate of drug-likeness (QED) is 0.886. The Morgan fingerprint density at radius 3 is 1.82 bits per heavy atom. The second-order valence-corrected chi connectivity index (χ2v) is 4.96. The number of hydrogen-bond acceptors (Lipinski definition) is 3. The van der Waals surface area contributed by atoms with Gasteiger partial charge >= 0.3 is 0 Å². The highest BCUT2D eigenvalue weighted by molar-refractivity contribution is 5.31. The van der Waals surface area contributed by atoms with Gasteiger partial charge in [0.15, 0.2) is 0 Å². The average Bonchev–Trinajstić information content (AvgIpc) is 2.54. The maximum absolute atomic E-state index is 14.2. The van der Waals surface area contributed by atoms with E-state index in [0.29, 0.717) is 17.1 Å². The number of aliphatic hydroxyl groups is 1. The van der Waals surface area contributed by atoms with Crippen LogP contribution in [-0.4, -0.2) is 25.2 Å². The third-order valence-corrected chi connectivity index (χ3v) is 3.43. The first-order valence-electron chi connectivity index (χ1n) is 6.79. The third-order valence-electron chi connectivity index (χ3n) is 3.43. The highest BCUT2D eigenvalue weighted by Gasteiger charge is 2.39. The van der Waals surface area contributed by atoms with Crippen LogP contribution in [0.4, 0.5) is 8.78 Å². The van der Waals surface area contributed by atoms with Crippen molar-refractivity contribution in [1.82, 2.24) is 0 Å². The third kappa shape index (κ3) is 3.74. The zero-order chi connectivity index (χ0) is 16.2. The number of aliphatic hydroxyl groups excluding tert-OH is 1. The molecule has 0 aliphatic heterocycles. The van der Waals surface area contributed by atoms with E-state index in [-0.39, 0.29) is 5.56 Å². The van der Waals surface area contributed by atoms with Crippen LogP contribution in [0.15, 0.2) is 48.5 Å². The second kappa shape index (κ2) is 6.75. The largest absolute Gasteiger partial charge is 0.497 e. The number of rotatable bonds is 6. The predicted octanol–water partition coefficient (Wildman–Crippen LogP) is 3.62. The van der Waals surface area contributed by atoms with Gasteiger partial charge in [-0.05, 0) is 35.4 Å². The molecule has 1 unspecified atom stereocenters. The average molecular weight is 308 g/mol. The minimum absolute atomic E-state index is 0.152. The van der Waals surface area contributed by atoms with E-state index in [1.54, 1.807) is 36.4 Å². The van der Waals surface area contributed by atoms with Gasteiger partial charge < -0.3 is 14.6 Å². The fraction of sp³-hybridized carbons (Fsp3) is 0.294. The Balaban J connectivity index is 2.12. The van der Waals surface area contributed by atoms with Crippen molar-refractivity contribution in [2.24, 2.45) is 0 Å². The van der Waals surface area contributed by atoms with Crippen LogP contribution in [0.1, 0.15) is 17.2 Å².